The summed E-state index contributed by atoms with van der Waals surface area (Å²) in [6.07, 6.45) is 0.881. The van der Waals surface area contributed by atoms with Gasteiger partial charge in [0.15, 0.2) is 12.4 Å². The number of nitrogens with one attached hydrogen (secondary N) is 1. The van der Waals surface area contributed by atoms with Crippen molar-refractivity contribution in [2.75, 3.05) is 18.5 Å². The second kappa shape index (κ2) is 7.87. The summed E-state index contributed by atoms with van der Waals surface area (Å²) >= 11 is 3.28. The Kier molecular flexibility index (Phi) is 6.43. The Morgan fingerprint density at radius 1 is 1.39 bits per heavy atom. The molecule has 0 atom stereocenters. The molecule has 5 heteroatoms. The molecule has 0 saturated carbocycles. The predicted molar refractivity (Wildman–Crippen MR) is 73.4 cm³/mol. The average molecular weight is 314 g/mol. The van der Waals surface area contributed by atoms with Gasteiger partial charge in [0.2, 0.25) is 0 Å². The van der Waals surface area contributed by atoms with Crippen molar-refractivity contribution in [2.45, 2.75) is 13.3 Å². The third-order valence-corrected chi connectivity index (χ3v) is 2.80. The monoisotopic (exact) mass is 313 g/mol. The van der Waals surface area contributed by atoms with Crippen molar-refractivity contribution < 1.29 is 14.3 Å². The Labute approximate surface area is 115 Å². The zero-order valence-corrected chi connectivity index (χ0v) is 11.8. The molecule has 0 aliphatic heterocycles. The number of Topliss-reactive ketones (excluding diaryl/α,β-unsaturated/α-hetero) is 1. The largest absolute Gasteiger partial charge is 0.484 e. The van der Waals surface area contributed by atoms with Gasteiger partial charge in [-0.25, -0.2) is 0 Å². The summed E-state index contributed by atoms with van der Waals surface area (Å²) in [6, 6.07) is 6.80. The van der Waals surface area contributed by atoms with E-state index < -0.39 is 0 Å². The fourth-order valence-electron chi connectivity index (χ4n) is 1.30. The Balaban J connectivity index is 2.41. The highest BCUT2D eigenvalue weighted by molar-refractivity contribution is 9.09. The third kappa shape index (κ3) is 5.31. The molecular formula is C13H16BrNO3. The van der Waals surface area contributed by atoms with Gasteiger partial charge in [-0.1, -0.05) is 28.1 Å². The highest BCUT2D eigenvalue weighted by atomic mass is 79.9. The molecule has 4 nitrogen and oxygen atoms in total. The highest BCUT2D eigenvalue weighted by Crippen LogP contribution is 2.13. The highest BCUT2D eigenvalue weighted by Gasteiger charge is 2.04. The van der Waals surface area contributed by atoms with Gasteiger partial charge in [-0.05, 0) is 25.5 Å². The number of alkyl halides is 1. The number of carbonyl (C=O) groups is 2. The van der Waals surface area contributed by atoms with Crippen LogP contribution in [0.3, 0.4) is 0 Å². The van der Waals surface area contributed by atoms with Crippen LogP contribution in [-0.4, -0.2) is 30.2 Å². The Morgan fingerprint density at radius 3 is 2.83 bits per heavy atom. The van der Waals surface area contributed by atoms with Crippen LogP contribution in [0.5, 0.6) is 5.75 Å². The van der Waals surface area contributed by atoms with E-state index in [4.69, 9.17) is 4.74 Å². The molecule has 98 valence electrons. The van der Waals surface area contributed by atoms with Gasteiger partial charge >= 0.3 is 0 Å². The van der Waals surface area contributed by atoms with E-state index in [1.54, 1.807) is 24.3 Å². The number of ether oxygens (including phenoxy) is 1. The topological polar surface area (TPSA) is 55.4 Å². The molecule has 0 saturated heterocycles. The van der Waals surface area contributed by atoms with Gasteiger partial charge in [-0.2, -0.15) is 0 Å². The predicted octanol–water partition coefficient (Wildman–Crippen LogP) is 2.17. The summed E-state index contributed by atoms with van der Waals surface area (Å²) in [4.78, 5) is 22.6. The molecule has 0 unspecified atom stereocenters. The summed E-state index contributed by atoms with van der Waals surface area (Å²) < 4.78 is 5.31. The average Bonchev–Trinajstić information content (AvgIpc) is 2.37. The lowest BCUT2D eigenvalue weighted by Crippen LogP contribution is -2.29. The first-order chi connectivity index (χ1) is 8.63. The second-order valence-electron chi connectivity index (χ2n) is 3.77. The van der Waals surface area contributed by atoms with Gasteiger partial charge < -0.3 is 10.1 Å². The number of carbonyl (C=O) groups excluding carboxylic acids is 2. The van der Waals surface area contributed by atoms with E-state index >= 15 is 0 Å². The minimum atomic E-state index is -0.163. The summed E-state index contributed by atoms with van der Waals surface area (Å²) in [5, 5.41) is 3.59. The van der Waals surface area contributed by atoms with Gasteiger partial charge in [0.1, 0.15) is 5.75 Å². The standard InChI is InChI=1S/C13H16BrNO3/c1-10(16)11-4-2-5-12(8-11)18-9-13(17)15-7-3-6-14/h2,4-5,8H,3,6-7,9H2,1H3,(H,15,17). The van der Waals surface area contributed by atoms with Crippen molar-refractivity contribution in [2.24, 2.45) is 0 Å². The van der Waals surface area contributed by atoms with E-state index in [0.29, 0.717) is 17.9 Å². The molecule has 0 bridgehead atoms. The number of hydrogen-bond acceptors (Lipinski definition) is 3. The van der Waals surface area contributed by atoms with E-state index in [2.05, 4.69) is 21.2 Å². The maximum absolute atomic E-state index is 11.4. The quantitative estimate of drug-likeness (QED) is 0.477. The number of amides is 1. The third-order valence-electron chi connectivity index (χ3n) is 2.24. The number of hydrogen-bond donors (Lipinski definition) is 1. The molecular weight excluding hydrogens is 298 g/mol. The fourth-order valence-corrected chi connectivity index (χ4v) is 1.58. The van der Waals surface area contributed by atoms with E-state index in [0.717, 1.165) is 11.8 Å². The van der Waals surface area contributed by atoms with Crippen LogP contribution in [0.15, 0.2) is 24.3 Å². The van der Waals surface area contributed by atoms with E-state index in [-0.39, 0.29) is 18.3 Å². The van der Waals surface area contributed by atoms with Gasteiger partial charge in [-0.3, -0.25) is 9.59 Å². The van der Waals surface area contributed by atoms with Gasteiger partial charge in [0.05, 0.1) is 0 Å². The molecule has 1 amide bonds. The molecule has 0 aliphatic rings. The van der Waals surface area contributed by atoms with Crippen molar-refractivity contribution in [3.8, 4) is 5.75 Å². The zero-order valence-electron chi connectivity index (χ0n) is 10.2. The van der Waals surface area contributed by atoms with Gasteiger partial charge in [-0.15, -0.1) is 0 Å². The molecule has 0 heterocycles. The normalized spacial score (nSPS) is 9.89. The first kappa shape index (κ1) is 14.7. The molecule has 1 rings (SSSR count). The zero-order chi connectivity index (χ0) is 13.4. The van der Waals surface area contributed by atoms with Crippen LogP contribution in [-0.2, 0) is 4.79 Å². The minimum Gasteiger partial charge on any atom is -0.484 e. The first-order valence-corrected chi connectivity index (χ1v) is 6.82. The fraction of sp³-hybridized carbons (Fsp3) is 0.385. The molecule has 1 aromatic carbocycles. The summed E-state index contributed by atoms with van der Waals surface area (Å²) in [5.74, 6) is 0.338. The number of benzene rings is 1. The lowest BCUT2D eigenvalue weighted by molar-refractivity contribution is -0.123. The van der Waals surface area contributed by atoms with Crippen LogP contribution in [0.25, 0.3) is 0 Å². The van der Waals surface area contributed by atoms with E-state index in [1.165, 1.54) is 6.92 Å². The van der Waals surface area contributed by atoms with Crippen molar-refractivity contribution in [1.29, 1.82) is 0 Å². The van der Waals surface area contributed by atoms with Crippen LogP contribution in [0.4, 0.5) is 0 Å². The van der Waals surface area contributed by atoms with Crippen molar-refractivity contribution in [1.82, 2.24) is 5.32 Å². The lowest BCUT2D eigenvalue weighted by atomic mass is 10.1. The van der Waals surface area contributed by atoms with E-state index in [1.807, 2.05) is 0 Å². The molecule has 0 fully saturated rings. The van der Waals surface area contributed by atoms with Crippen LogP contribution < -0.4 is 10.1 Å². The summed E-state index contributed by atoms with van der Waals surface area (Å²) in [5.41, 5.74) is 0.576. The summed E-state index contributed by atoms with van der Waals surface area (Å²) in [6.45, 7) is 2.08. The Bertz CT molecular complexity index is 420. The van der Waals surface area contributed by atoms with Crippen LogP contribution in [0.1, 0.15) is 23.7 Å². The van der Waals surface area contributed by atoms with Crippen molar-refractivity contribution in [3.05, 3.63) is 29.8 Å². The molecule has 1 N–H and O–H groups in total. The number of ketones is 1. The van der Waals surface area contributed by atoms with Crippen molar-refractivity contribution >= 4 is 27.6 Å². The van der Waals surface area contributed by atoms with Crippen molar-refractivity contribution in [3.63, 3.8) is 0 Å². The number of rotatable bonds is 7. The molecule has 18 heavy (non-hydrogen) atoms. The second-order valence-corrected chi connectivity index (χ2v) is 4.56. The van der Waals surface area contributed by atoms with E-state index in [9.17, 15) is 9.59 Å². The minimum absolute atomic E-state index is 0.0257. The maximum atomic E-state index is 11.4. The van der Waals surface area contributed by atoms with Crippen LogP contribution in [0.2, 0.25) is 0 Å². The van der Waals surface area contributed by atoms with Crippen LogP contribution in [0, 0.1) is 0 Å². The smallest absolute Gasteiger partial charge is 0.257 e. The Morgan fingerprint density at radius 2 is 2.17 bits per heavy atom. The first-order valence-electron chi connectivity index (χ1n) is 5.70. The van der Waals surface area contributed by atoms with Crippen LogP contribution >= 0.6 is 15.9 Å². The van der Waals surface area contributed by atoms with Gasteiger partial charge in [0.25, 0.3) is 5.91 Å². The Hall–Kier alpha value is -1.36. The molecule has 1 aromatic rings. The molecule has 0 spiro atoms. The summed E-state index contributed by atoms with van der Waals surface area (Å²) in [7, 11) is 0. The molecule has 0 aromatic heterocycles. The molecule has 0 aliphatic carbocycles. The molecule has 0 radical (unpaired) electrons. The maximum Gasteiger partial charge on any atom is 0.257 e. The number of halogens is 1. The lowest BCUT2D eigenvalue weighted by Gasteiger charge is -2.07. The SMILES string of the molecule is CC(=O)c1cccc(OCC(=O)NCCCBr)c1. The van der Waals surface area contributed by atoms with Gasteiger partial charge in [0, 0.05) is 17.4 Å².